The zero-order valence-corrected chi connectivity index (χ0v) is 8.04. The van der Waals surface area contributed by atoms with Crippen molar-refractivity contribution in [2.24, 2.45) is 12.2 Å². The van der Waals surface area contributed by atoms with Gasteiger partial charge >= 0.3 is 5.76 Å². The van der Waals surface area contributed by atoms with Crippen LogP contribution in [0.4, 0.5) is 0 Å². The number of hydrogen-bond acceptors (Lipinski definition) is 3. The van der Waals surface area contributed by atoms with Crippen molar-refractivity contribution in [2.45, 2.75) is 6.54 Å². The van der Waals surface area contributed by atoms with Crippen molar-refractivity contribution < 1.29 is 4.42 Å². The van der Waals surface area contributed by atoms with Gasteiger partial charge in [-0.1, -0.05) is 11.2 Å². The van der Waals surface area contributed by atoms with Crippen LogP contribution in [0.25, 0.3) is 21.5 Å². The molecule has 76 valence electrons. The number of aromatic nitrogens is 1. The van der Waals surface area contributed by atoms with Crippen molar-refractivity contribution in [3.8, 4) is 0 Å². The molecular weight excluding hydrogens is 196 g/mol. The fourth-order valence-electron chi connectivity index (χ4n) is 1.38. The molecule has 0 aliphatic carbocycles. The lowest BCUT2D eigenvalue weighted by Gasteiger charge is -1.96. The first-order chi connectivity index (χ1) is 7.22. The van der Waals surface area contributed by atoms with Crippen LogP contribution in [-0.2, 0) is 13.6 Å². The molecule has 15 heavy (non-hydrogen) atoms. The zero-order valence-electron chi connectivity index (χ0n) is 8.04. The minimum Gasteiger partial charge on any atom is -0.408 e. The fourth-order valence-corrected chi connectivity index (χ4v) is 1.38. The molecule has 0 saturated heterocycles. The van der Waals surface area contributed by atoms with Crippen molar-refractivity contribution in [2.75, 3.05) is 0 Å². The molecule has 0 unspecified atom stereocenters. The van der Waals surface area contributed by atoms with Gasteiger partial charge in [0.25, 0.3) is 0 Å². The molecule has 0 atom stereocenters. The summed E-state index contributed by atoms with van der Waals surface area (Å²) >= 11 is 0. The van der Waals surface area contributed by atoms with Crippen molar-refractivity contribution >= 4 is 11.1 Å². The SMILES string of the molecule is Cn1c(=O)oc2ccc(CN=[N+]=[N-])cc21. The Morgan fingerprint density at radius 1 is 1.60 bits per heavy atom. The van der Waals surface area contributed by atoms with Gasteiger partial charge in [0.15, 0.2) is 5.58 Å². The third-order valence-corrected chi connectivity index (χ3v) is 2.17. The van der Waals surface area contributed by atoms with Gasteiger partial charge in [0, 0.05) is 12.0 Å². The van der Waals surface area contributed by atoms with E-state index in [2.05, 4.69) is 10.0 Å². The quantitative estimate of drug-likeness (QED) is 0.425. The van der Waals surface area contributed by atoms with E-state index < -0.39 is 5.76 Å². The second-order valence-electron chi connectivity index (χ2n) is 3.12. The van der Waals surface area contributed by atoms with Crippen LogP contribution in [0.5, 0.6) is 0 Å². The number of rotatable bonds is 2. The van der Waals surface area contributed by atoms with Crippen molar-refractivity contribution in [1.29, 1.82) is 0 Å². The van der Waals surface area contributed by atoms with Gasteiger partial charge in [-0.15, -0.1) is 0 Å². The van der Waals surface area contributed by atoms with Gasteiger partial charge in [-0.3, -0.25) is 4.57 Å². The van der Waals surface area contributed by atoms with Crippen LogP contribution >= 0.6 is 0 Å². The second kappa shape index (κ2) is 3.51. The summed E-state index contributed by atoms with van der Waals surface area (Å²) < 4.78 is 6.37. The molecule has 0 spiro atoms. The van der Waals surface area contributed by atoms with Gasteiger partial charge in [-0.2, -0.15) is 0 Å². The van der Waals surface area contributed by atoms with E-state index in [1.54, 1.807) is 25.2 Å². The highest BCUT2D eigenvalue weighted by molar-refractivity contribution is 5.73. The Morgan fingerprint density at radius 2 is 2.40 bits per heavy atom. The summed E-state index contributed by atoms with van der Waals surface area (Å²) in [6, 6.07) is 5.23. The van der Waals surface area contributed by atoms with Crippen LogP contribution in [0, 0.1) is 0 Å². The smallest absolute Gasteiger partial charge is 0.408 e. The lowest BCUT2D eigenvalue weighted by atomic mass is 10.2. The third-order valence-electron chi connectivity index (χ3n) is 2.17. The van der Waals surface area contributed by atoms with E-state index in [9.17, 15) is 4.79 Å². The highest BCUT2D eigenvalue weighted by Crippen LogP contribution is 2.14. The molecule has 1 aromatic carbocycles. The molecule has 2 rings (SSSR count). The van der Waals surface area contributed by atoms with Gasteiger partial charge in [0.2, 0.25) is 0 Å². The molecule has 2 aromatic rings. The van der Waals surface area contributed by atoms with E-state index in [1.807, 2.05) is 0 Å². The van der Waals surface area contributed by atoms with E-state index in [4.69, 9.17) is 9.95 Å². The maximum Gasteiger partial charge on any atom is 0.419 e. The number of oxazole rings is 1. The standard InChI is InChI=1S/C9H8N4O2/c1-13-7-4-6(5-11-12-10)2-3-8(7)15-9(13)14/h2-4H,5H2,1H3. The van der Waals surface area contributed by atoms with Gasteiger partial charge < -0.3 is 4.42 Å². The lowest BCUT2D eigenvalue weighted by molar-refractivity contribution is 0.528. The highest BCUT2D eigenvalue weighted by Gasteiger charge is 2.05. The van der Waals surface area contributed by atoms with Crippen LogP contribution in [0.1, 0.15) is 5.56 Å². The number of aryl methyl sites for hydroxylation is 1. The third kappa shape index (κ3) is 1.58. The minimum atomic E-state index is -0.397. The summed E-state index contributed by atoms with van der Waals surface area (Å²) in [6.45, 7) is 0.270. The molecule has 6 heteroatoms. The number of nitrogens with zero attached hydrogens (tertiary/aromatic N) is 4. The van der Waals surface area contributed by atoms with E-state index in [-0.39, 0.29) is 6.54 Å². The topological polar surface area (TPSA) is 83.9 Å². The van der Waals surface area contributed by atoms with Crippen molar-refractivity contribution in [3.05, 3.63) is 44.8 Å². The zero-order chi connectivity index (χ0) is 10.8. The average Bonchev–Trinajstić information content (AvgIpc) is 2.52. The summed E-state index contributed by atoms with van der Waals surface area (Å²) in [7, 11) is 1.63. The molecular formula is C9H8N4O2. The highest BCUT2D eigenvalue weighted by atomic mass is 16.4. The first-order valence-electron chi connectivity index (χ1n) is 4.31. The second-order valence-corrected chi connectivity index (χ2v) is 3.12. The Balaban J connectivity index is 2.58. The van der Waals surface area contributed by atoms with Crippen LogP contribution in [0.15, 0.2) is 32.5 Å². The summed E-state index contributed by atoms with van der Waals surface area (Å²) in [4.78, 5) is 13.8. The predicted molar refractivity (Wildman–Crippen MR) is 54.3 cm³/mol. The van der Waals surface area contributed by atoms with Gasteiger partial charge in [0.05, 0.1) is 12.1 Å². The summed E-state index contributed by atoms with van der Waals surface area (Å²) in [5, 5.41) is 3.45. The number of fused-ring (bicyclic) bond motifs is 1. The molecule has 1 heterocycles. The maximum absolute atomic E-state index is 11.2. The number of benzene rings is 1. The average molecular weight is 204 g/mol. The monoisotopic (exact) mass is 204 g/mol. The van der Waals surface area contributed by atoms with Crippen LogP contribution in [0.3, 0.4) is 0 Å². The number of hydrogen-bond donors (Lipinski definition) is 0. The molecule has 0 radical (unpaired) electrons. The maximum atomic E-state index is 11.2. The Bertz CT molecular complexity index is 604. The van der Waals surface area contributed by atoms with E-state index in [0.29, 0.717) is 11.1 Å². The van der Waals surface area contributed by atoms with Crippen molar-refractivity contribution in [1.82, 2.24) is 4.57 Å². The molecule has 0 N–H and O–H groups in total. The van der Waals surface area contributed by atoms with E-state index in [0.717, 1.165) is 5.56 Å². The first kappa shape index (κ1) is 9.36. The molecule has 0 fully saturated rings. The Kier molecular flexibility index (Phi) is 2.19. The molecule has 0 bridgehead atoms. The lowest BCUT2D eigenvalue weighted by Crippen LogP contribution is -2.08. The molecule has 6 nitrogen and oxygen atoms in total. The number of azide groups is 1. The van der Waals surface area contributed by atoms with E-state index in [1.165, 1.54) is 4.57 Å². The van der Waals surface area contributed by atoms with Crippen LogP contribution in [0.2, 0.25) is 0 Å². The molecule has 0 amide bonds. The molecule has 0 aliphatic rings. The largest absolute Gasteiger partial charge is 0.419 e. The summed E-state index contributed by atoms with van der Waals surface area (Å²) in [6.07, 6.45) is 0. The molecule has 0 aliphatic heterocycles. The van der Waals surface area contributed by atoms with Gasteiger partial charge in [-0.05, 0) is 23.2 Å². The Labute approximate surface area is 84.4 Å². The Morgan fingerprint density at radius 3 is 3.13 bits per heavy atom. The predicted octanol–water partition coefficient (Wildman–Crippen LogP) is 1.94. The summed E-state index contributed by atoms with van der Waals surface area (Å²) in [5.74, 6) is -0.397. The van der Waals surface area contributed by atoms with Crippen LogP contribution in [-0.4, -0.2) is 4.57 Å². The van der Waals surface area contributed by atoms with Crippen molar-refractivity contribution in [3.63, 3.8) is 0 Å². The minimum absolute atomic E-state index is 0.270. The van der Waals surface area contributed by atoms with E-state index >= 15 is 0 Å². The first-order valence-corrected chi connectivity index (χ1v) is 4.31. The fraction of sp³-hybridized carbons (Fsp3) is 0.222. The van der Waals surface area contributed by atoms with Gasteiger partial charge in [0.1, 0.15) is 0 Å². The van der Waals surface area contributed by atoms with Gasteiger partial charge in [-0.25, -0.2) is 4.79 Å². The van der Waals surface area contributed by atoms with Crippen LogP contribution < -0.4 is 5.76 Å². The Hall–Kier alpha value is -2.20. The summed E-state index contributed by atoms with van der Waals surface area (Å²) in [5.41, 5.74) is 10.3. The molecule has 0 saturated carbocycles. The normalized spacial score (nSPS) is 10.2. The molecule has 1 aromatic heterocycles.